The highest BCUT2D eigenvalue weighted by molar-refractivity contribution is 5.96. The van der Waals surface area contributed by atoms with Crippen molar-refractivity contribution in [3.8, 4) is 0 Å². The molecule has 1 atom stereocenters. The predicted molar refractivity (Wildman–Crippen MR) is 59.2 cm³/mol. The minimum Gasteiger partial charge on any atom is -0.391 e. The lowest BCUT2D eigenvalue weighted by atomic mass is 10.1. The van der Waals surface area contributed by atoms with Crippen molar-refractivity contribution in [2.75, 3.05) is 13.1 Å². The zero-order chi connectivity index (χ0) is 11.7. The average molecular weight is 223 g/mol. The van der Waals surface area contributed by atoms with Gasteiger partial charge in [-0.15, -0.1) is 0 Å². The van der Waals surface area contributed by atoms with Crippen molar-refractivity contribution in [3.05, 3.63) is 17.0 Å². The van der Waals surface area contributed by atoms with E-state index in [1.807, 2.05) is 13.8 Å². The highest BCUT2D eigenvalue weighted by Gasteiger charge is 2.26. The van der Waals surface area contributed by atoms with Gasteiger partial charge in [-0.05, 0) is 26.7 Å². The number of H-pyrrole nitrogens is 1. The maximum absolute atomic E-state index is 12.2. The van der Waals surface area contributed by atoms with Crippen LogP contribution in [0.3, 0.4) is 0 Å². The van der Waals surface area contributed by atoms with Crippen LogP contribution in [0.25, 0.3) is 0 Å². The van der Waals surface area contributed by atoms with E-state index < -0.39 is 0 Å². The van der Waals surface area contributed by atoms with Crippen molar-refractivity contribution in [1.29, 1.82) is 0 Å². The van der Waals surface area contributed by atoms with Crippen LogP contribution in [0.4, 0.5) is 0 Å². The second-order valence-electron chi connectivity index (χ2n) is 4.36. The molecule has 1 saturated heterocycles. The second kappa shape index (κ2) is 4.25. The molecule has 1 aliphatic rings. The Balaban J connectivity index is 2.18. The fraction of sp³-hybridized carbons (Fsp3) is 0.636. The fourth-order valence-electron chi connectivity index (χ4n) is 2.16. The topological polar surface area (TPSA) is 69.2 Å². The standard InChI is InChI=1S/C11H17N3O2/c1-7-10(8(2)13-12-7)11(16)14-5-3-4-9(15)6-14/h9,15H,3-6H2,1-2H3,(H,12,13). The highest BCUT2D eigenvalue weighted by atomic mass is 16.3. The predicted octanol–water partition coefficient (Wildman–Crippen LogP) is 0.623. The van der Waals surface area contributed by atoms with Gasteiger partial charge < -0.3 is 10.0 Å². The van der Waals surface area contributed by atoms with Crippen molar-refractivity contribution >= 4 is 5.91 Å². The third kappa shape index (κ3) is 1.95. The Morgan fingerprint density at radius 2 is 2.31 bits per heavy atom. The van der Waals surface area contributed by atoms with Gasteiger partial charge in [0, 0.05) is 18.8 Å². The first-order chi connectivity index (χ1) is 7.59. The first-order valence-corrected chi connectivity index (χ1v) is 5.58. The molecule has 2 N–H and O–H groups in total. The molecular weight excluding hydrogens is 206 g/mol. The summed E-state index contributed by atoms with van der Waals surface area (Å²) in [7, 11) is 0. The Kier molecular flexibility index (Phi) is 2.96. The summed E-state index contributed by atoms with van der Waals surface area (Å²) >= 11 is 0. The van der Waals surface area contributed by atoms with Crippen LogP contribution in [0.5, 0.6) is 0 Å². The van der Waals surface area contributed by atoms with Gasteiger partial charge >= 0.3 is 0 Å². The van der Waals surface area contributed by atoms with Crippen LogP contribution in [0.15, 0.2) is 0 Å². The molecule has 0 radical (unpaired) electrons. The highest BCUT2D eigenvalue weighted by Crippen LogP contribution is 2.17. The summed E-state index contributed by atoms with van der Waals surface area (Å²) in [5, 5.41) is 16.4. The quantitative estimate of drug-likeness (QED) is 0.733. The third-order valence-corrected chi connectivity index (χ3v) is 3.03. The number of nitrogens with zero attached hydrogens (tertiary/aromatic N) is 2. The van der Waals surface area contributed by atoms with Gasteiger partial charge in [0.05, 0.1) is 17.4 Å². The van der Waals surface area contributed by atoms with Crippen LogP contribution in [0, 0.1) is 13.8 Å². The number of aryl methyl sites for hydroxylation is 2. The molecule has 2 rings (SSSR count). The first-order valence-electron chi connectivity index (χ1n) is 5.58. The van der Waals surface area contributed by atoms with Crippen molar-refractivity contribution < 1.29 is 9.90 Å². The summed E-state index contributed by atoms with van der Waals surface area (Å²) in [6.45, 7) is 4.81. The monoisotopic (exact) mass is 223 g/mol. The third-order valence-electron chi connectivity index (χ3n) is 3.03. The number of rotatable bonds is 1. The smallest absolute Gasteiger partial charge is 0.257 e. The van der Waals surface area contributed by atoms with Gasteiger partial charge in [-0.1, -0.05) is 0 Å². The molecule has 88 valence electrons. The zero-order valence-electron chi connectivity index (χ0n) is 9.66. The summed E-state index contributed by atoms with van der Waals surface area (Å²) in [4.78, 5) is 13.9. The molecule has 1 fully saturated rings. The molecule has 0 bridgehead atoms. The molecule has 5 nitrogen and oxygen atoms in total. The number of carbonyl (C=O) groups is 1. The number of piperidine rings is 1. The maximum atomic E-state index is 12.2. The average Bonchev–Trinajstić information content (AvgIpc) is 2.58. The van der Waals surface area contributed by atoms with Crippen molar-refractivity contribution in [2.24, 2.45) is 0 Å². The number of β-amino-alcohol motifs (C(OH)–C–C–N with tert-alkyl or cyclic N) is 1. The molecule has 0 saturated carbocycles. The van der Waals surface area contributed by atoms with Gasteiger partial charge in [-0.2, -0.15) is 5.10 Å². The van der Waals surface area contributed by atoms with E-state index in [1.165, 1.54) is 0 Å². The van der Waals surface area contributed by atoms with Crippen molar-refractivity contribution in [2.45, 2.75) is 32.8 Å². The summed E-state index contributed by atoms with van der Waals surface area (Å²) in [5.74, 6) is -0.0255. The Hall–Kier alpha value is -1.36. The van der Waals surface area contributed by atoms with Gasteiger partial charge in [0.1, 0.15) is 0 Å². The molecule has 16 heavy (non-hydrogen) atoms. The number of aliphatic hydroxyl groups excluding tert-OH is 1. The molecule has 5 heteroatoms. The summed E-state index contributed by atoms with van der Waals surface area (Å²) in [6.07, 6.45) is 1.26. The maximum Gasteiger partial charge on any atom is 0.257 e. The van der Waals surface area contributed by atoms with Crippen LogP contribution < -0.4 is 0 Å². The molecular formula is C11H17N3O2. The normalized spacial score (nSPS) is 21.2. The summed E-state index contributed by atoms with van der Waals surface area (Å²) in [6, 6.07) is 0. The zero-order valence-corrected chi connectivity index (χ0v) is 9.66. The van der Waals surface area contributed by atoms with Gasteiger partial charge in [0.25, 0.3) is 5.91 Å². The van der Waals surface area contributed by atoms with E-state index in [1.54, 1.807) is 4.90 Å². The Labute approximate surface area is 94.5 Å². The summed E-state index contributed by atoms with van der Waals surface area (Å²) < 4.78 is 0. The number of likely N-dealkylation sites (tertiary alicyclic amines) is 1. The minimum absolute atomic E-state index is 0.0255. The number of aromatic amines is 1. The van der Waals surface area contributed by atoms with Crippen LogP contribution in [0.1, 0.15) is 34.6 Å². The van der Waals surface area contributed by atoms with E-state index in [0.717, 1.165) is 30.8 Å². The van der Waals surface area contributed by atoms with Crippen LogP contribution in [-0.4, -0.2) is 45.3 Å². The molecule has 1 unspecified atom stereocenters. The number of aliphatic hydroxyl groups is 1. The van der Waals surface area contributed by atoms with Crippen LogP contribution >= 0.6 is 0 Å². The largest absolute Gasteiger partial charge is 0.391 e. The van der Waals surface area contributed by atoms with Crippen molar-refractivity contribution in [1.82, 2.24) is 15.1 Å². The Morgan fingerprint density at radius 1 is 1.56 bits per heavy atom. The van der Waals surface area contributed by atoms with E-state index in [2.05, 4.69) is 10.2 Å². The van der Waals surface area contributed by atoms with E-state index in [9.17, 15) is 9.90 Å². The van der Waals surface area contributed by atoms with Gasteiger partial charge in [0.2, 0.25) is 0 Å². The second-order valence-corrected chi connectivity index (χ2v) is 4.36. The van der Waals surface area contributed by atoms with Crippen LogP contribution in [-0.2, 0) is 0 Å². The van der Waals surface area contributed by atoms with E-state index in [4.69, 9.17) is 0 Å². The SMILES string of the molecule is Cc1n[nH]c(C)c1C(=O)N1CCCC(O)C1. The van der Waals surface area contributed by atoms with Gasteiger partial charge in [0.15, 0.2) is 0 Å². The first kappa shape index (κ1) is 11.1. The number of hydrogen-bond donors (Lipinski definition) is 2. The van der Waals surface area contributed by atoms with Crippen LogP contribution in [0.2, 0.25) is 0 Å². The van der Waals surface area contributed by atoms with Crippen molar-refractivity contribution in [3.63, 3.8) is 0 Å². The lowest BCUT2D eigenvalue weighted by Crippen LogP contribution is -2.42. The Bertz CT molecular complexity index is 380. The lowest BCUT2D eigenvalue weighted by Gasteiger charge is -2.30. The number of carbonyl (C=O) groups excluding carboxylic acids is 1. The summed E-state index contributed by atoms with van der Waals surface area (Å²) in [5.41, 5.74) is 2.17. The number of hydrogen-bond acceptors (Lipinski definition) is 3. The molecule has 1 aromatic heterocycles. The molecule has 1 amide bonds. The lowest BCUT2D eigenvalue weighted by molar-refractivity contribution is 0.0472. The number of aromatic nitrogens is 2. The molecule has 1 aliphatic heterocycles. The molecule has 0 aliphatic carbocycles. The van der Waals surface area contributed by atoms with Gasteiger partial charge in [-0.25, -0.2) is 0 Å². The van der Waals surface area contributed by atoms with Gasteiger partial charge in [-0.3, -0.25) is 9.89 Å². The molecule has 2 heterocycles. The number of amides is 1. The van der Waals surface area contributed by atoms with E-state index >= 15 is 0 Å². The fourth-order valence-corrected chi connectivity index (χ4v) is 2.16. The van der Waals surface area contributed by atoms with E-state index in [-0.39, 0.29) is 12.0 Å². The number of nitrogens with one attached hydrogen (secondary N) is 1. The molecule has 0 aromatic carbocycles. The van der Waals surface area contributed by atoms with E-state index in [0.29, 0.717) is 12.1 Å². The minimum atomic E-state index is -0.384. The molecule has 0 spiro atoms. The Morgan fingerprint density at radius 3 is 2.88 bits per heavy atom. The molecule has 1 aromatic rings.